The van der Waals surface area contributed by atoms with Crippen LogP contribution in [0, 0.1) is 13.8 Å². The first-order valence-corrected chi connectivity index (χ1v) is 9.03. The largest absolute Gasteiger partial charge is 0.352 e. The molecule has 0 spiro atoms. The van der Waals surface area contributed by atoms with Crippen molar-refractivity contribution in [2.24, 2.45) is 0 Å². The zero-order valence-corrected chi connectivity index (χ0v) is 16.1. The summed E-state index contributed by atoms with van der Waals surface area (Å²) < 4.78 is 2.01. The number of aromatic nitrogens is 5. The summed E-state index contributed by atoms with van der Waals surface area (Å²) in [7, 11) is 0. The highest BCUT2D eigenvalue weighted by Crippen LogP contribution is 2.20. The quantitative estimate of drug-likeness (QED) is 0.727. The Kier molecular flexibility index (Phi) is 5.59. The van der Waals surface area contributed by atoms with Crippen molar-refractivity contribution in [2.45, 2.75) is 40.2 Å². The molecule has 0 aliphatic heterocycles. The number of nitrogens with zero attached hydrogens (tertiary/aromatic N) is 5. The molecule has 1 aromatic carbocycles. The van der Waals surface area contributed by atoms with E-state index in [1.54, 1.807) is 12.5 Å². The summed E-state index contributed by atoms with van der Waals surface area (Å²) in [5.41, 5.74) is 4.14. The smallest absolute Gasteiger partial charge is 0.251 e. The molecular formula is C20H24N6O. The van der Waals surface area contributed by atoms with Crippen LogP contribution in [0.2, 0.25) is 0 Å². The molecule has 1 N–H and O–H groups in total. The number of benzene rings is 1. The van der Waals surface area contributed by atoms with Crippen LogP contribution in [0.4, 0.5) is 0 Å². The van der Waals surface area contributed by atoms with Gasteiger partial charge in [-0.1, -0.05) is 12.1 Å². The Hall–Kier alpha value is -3.09. The molecular weight excluding hydrogens is 340 g/mol. The van der Waals surface area contributed by atoms with E-state index in [0.29, 0.717) is 24.6 Å². The highest BCUT2D eigenvalue weighted by atomic mass is 16.1. The fourth-order valence-electron chi connectivity index (χ4n) is 2.86. The molecule has 0 aliphatic carbocycles. The minimum atomic E-state index is -0.107. The van der Waals surface area contributed by atoms with Crippen molar-refractivity contribution < 1.29 is 4.79 Å². The lowest BCUT2D eigenvalue weighted by atomic mass is 10.1. The maximum absolute atomic E-state index is 12.4. The average molecular weight is 364 g/mol. The van der Waals surface area contributed by atoms with Crippen LogP contribution < -0.4 is 5.32 Å². The minimum absolute atomic E-state index is 0.107. The van der Waals surface area contributed by atoms with Crippen LogP contribution in [0.5, 0.6) is 0 Å². The van der Waals surface area contributed by atoms with Crippen molar-refractivity contribution in [3.63, 3.8) is 0 Å². The number of hydrogen-bond acceptors (Lipinski definition) is 5. The number of nitrogens with one attached hydrogen (secondary N) is 1. The lowest BCUT2D eigenvalue weighted by Gasteiger charge is -2.10. The van der Waals surface area contributed by atoms with Gasteiger partial charge in [-0.15, -0.1) is 10.2 Å². The van der Waals surface area contributed by atoms with E-state index in [1.807, 2.05) is 42.7 Å². The Bertz CT molecular complexity index is 930. The predicted molar refractivity (Wildman–Crippen MR) is 103 cm³/mol. The van der Waals surface area contributed by atoms with Gasteiger partial charge in [0.15, 0.2) is 0 Å². The molecule has 2 aromatic heterocycles. The number of hydrogen-bond donors (Lipinski definition) is 1. The lowest BCUT2D eigenvalue weighted by Crippen LogP contribution is -2.26. The van der Waals surface area contributed by atoms with Crippen LogP contribution >= 0.6 is 0 Å². The van der Waals surface area contributed by atoms with Gasteiger partial charge in [0.2, 0.25) is 0 Å². The molecule has 3 rings (SSSR count). The predicted octanol–water partition coefficient (Wildman–Crippen LogP) is 2.91. The summed E-state index contributed by atoms with van der Waals surface area (Å²) >= 11 is 0. The first-order chi connectivity index (χ1) is 13.0. The van der Waals surface area contributed by atoms with E-state index in [2.05, 4.69) is 39.3 Å². The van der Waals surface area contributed by atoms with Gasteiger partial charge in [-0.2, -0.15) is 0 Å². The maximum atomic E-state index is 12.4. The van der Waals surface area contributed by atoms with Crippen molar-refractivity contribution in [3.8, 4) is 11.3 Å². The van der Waals surface area contributed by atoms with E-state index < -0.39 is 0 Å². The summed E-state index contributed by atoms with van der Waals surface area (Å²) in [6.07, 6.45) is 4.11. The fraction of sp³-hybridized carbons (Fsp3) is 0.350. The highest BCUT2D eigenvalue weighted by molar-refractivity contribution is 5.94. The molecule has 0 saturated carbocycles. The third kappa shape index (κ3) is 4.36. The first-order valence-electron chi connectivity index (χ1n) is 9.03. The van der Waals surface area contributed by atoms with Crippen LogP contribution in [0.3, 0.4) is 0 Å². The molecule has 7 nitrogen and oxygen atoms in total. The van der Waals surface area contributed by atoms with E-state index in [1.165, 1.54) is 0 Å². The molecule has 140 valence electrons. The monoisotopic (exact) mass is 364 g/mol. The van der Waals surface area contributed by atoms with Gasteiger partial charge in [-0.05, 0) is 39.8 Å². The van der Waals surface area contributed by atoms with Gasteiger partial charge >= 0.3 is 0 Å². The number of carbonyl (C=O) groups is 1. The molecule has 0 aliphatic rings. The van der Waals surface area contributed by atoms with E-state index in [-0.39, 0.29) is 5.91 Å². The van der Waals surface area contributed by atoms with Crippen molar-refractivity contribution in [1.29, 1.82) is 0 Å². The Labute approximate surface area is 158 Å². The summed E-state index contributed by atoms with van der Waals surface area (Å²) in [6.45, 7) is 8.51. The van der Waals surface area contributed by atoms with Gasteiger partial charge in [0, 0.05) is 36.3 Å². The van der Waals surface area contributed by atoms with Crippen molar-refractivity contribution in [2.75, 3.05) is 6.54 Å². The van der Waals surface area contributed by atoms with Crippen molar-refractivity contribution >= 4 is 5.91 Å². The third-order valence-corrected chi connectivity index (χ3v) is 4.33. The SMILES string of the molecule is Cc1cnc(C)c(-c2ccc(C(=O)NCCc3nncn3C(C)C)cc2)n1. The molecule has 0 radical (unpaired) electrons. The van der Waals surface area contributed by atoms with Crippen LogP contribution in [0.1, 0.15) is 47.5 Å². The molecule has 2 heterocycles. The van der Waals surface area contributed by atoms with Crippen LogP contribution in [-0.2, 0) is 6.42 Å². The molecule has 1 amide bonds. The molecule has 0 bridgehead atoms. The summed E-state index contributed by atoms with van der Waals surface area (Å²) in [4.78, 5) is 21.3. The highest BCUT2D eigenvalue weighted by Gasteiger charge is 2.10. The molecule has 27 heavy (non-hydrogen) atoms. The second-order valence-corrected chi connectivity index (χ2v) is 6.78. The standard InChI is InChI=1S/C20H24N6O/c1-13(2)26-12-23-25-18(26)9-10-21-20(27)17-7-5-16(6-8-17)19-15(4)22-11-14(3)24-19/h5-8,11-13H,9-10H2,1-4H3,(H,21,27). The van der Waals surface area contributed by atoms with Gasteiger partial charge in [0.25, 0.3) is 5.91 Å². The first kappa shape index (κ1) is 18.7. The number of aryl methyl sites for hydroxylation is 2. The van der Waals surface area contributed by atoms with Gasteiger partial charge in [0.05, 0.1) is 17.1 Å². The Morgan fingerprint density at radius 1 is 1.19 bits per heavy atom. The fourth-order valence-corrected chi connectivity index (χ4v) is 2.86. The number of amides is 1. The van der Waals surface area contributed by atoms with Gasteiger partial charge in [-0.3, -0.25) is 9.78 Å². The van der Waals surface area contributed by atoms with Crippen LogP contribution in [-0.4, -0.2) is 37.2 Å². The minimum Gasteiger partial charge on any atom is -0.352 e. The topological polar surface area (TPSA) is 85.6 Å². The Morgan fingerprint density at radius 2 is 1.93 bits per heavy atom. The second-order valence-electron chi connectivity index (χ2n) is 6.78. The molecule has 0 unspecified atom stereocenters. The molecule has 7 heteroatoms. The second kappa shape index (κ2) is 8.07. The number of carbonyl (C=O) groups excluding carboxylic acids is 1. The van der Waals surface area contributed by atoms with E-state index in [4.69, 9.17) is 0 Å². The van der Waals surface area contributed by atoms with Crippen LogP contribution in [0.15, 0.2) is 36.8 Å². The zero-order valence-electron chi connectivity index (χ0n) is 16.1. The van der Waals surface area contributed by atoms with Crippen molar-refractivity contribution in [3.05, 3.63) is 59.6 Å². The average Bonchev–Trinajstić information content (AvgIpc) is 3.12. The van der Waals surface area contributed by atoms with E-state index in [0.717, 1.165) is 28.5 Å². The van der Waals surface area contributed by atoms with Gasteiger partial charge in [0.1, 0.15) is 12.2 Å². The van der Waals surface area contributed by atoms with E-state index >= 15 is 0 Å². The van der Waals surface area contributed by atoms with Gasteiger partial charge < -0.3 is 9.88 Å². The zero-order chi connectivity index (χ0) is 19.4. The molecule has 3 aromatic rings. The lowest BCUT2D eigenvalue weighted by molar-refractivity contribution is 0.0954. The normalized spacial score (nSPS) is 11.0. The van der Waals surface area contributed by atoms with Crippen LogP contribution in [0.25, 0.3) is 11.3 Å². The Balaban J connectivity index is 1.62. The van der Waals surface area contributed by atoms with Crippen molar-refractivity contribution in [1.82, 2.24) is 30.0 Å². The summed E-state index contributed by atoms with van der Waals surface area (Å²) in [5.74, 6) is 0.762. The number of rotatable bonds is 6. The third-order valence-electron chi connectivity index (χ3n) is 4.33. The maximum Gasteiger partial charge on any atom is 0.251 e. The molecule has 0 saturated heterocycles. The Morgan fingerprint density at radius 3 is 2.63 bits per heavy atom. The molecule has 0 atom stereocenters. The van der Waals surface area contributed by atoms with Gasteiger partial charge in [-0.25, -0.2) is 4.98 Å². The summed E-state index contributed by atoms with van der Waals surface area (Å²) in [6, 6.07) is 7.73. The van der Waals surface area contributed by atoms with E-state index in [9.17, 15) is 4.79 Å². The molecule has 0 fully saturated rings. The summed E-state index contributed by atoms with van der Waals surface area (Å²) in [5, 5.41) is 11.0.